The van der Waals surface area contributed by atoms with Gasteiger partial charge in [0.05, 0.1) is 7.11 Å². The number of carbonyl (C=O) groups is 3. The highest BCUT2D eigenvalue weighted by atomic mass is 16.6. The lowest BCUT2D eigenvalue weighted by Gasteiger charge is -2.16. The van der Waals surface area contributed by atoms with Crippen molar-refractivity contribution in [1.82, 2.24) is 10.6 Å². The van der Waals surface area contributed by atoms with E-state index in [4.69, 9.17) is 9.15 Å². The zero-order chi connectivity index (χ0) is 20.6. The van der Waals surface area contributed by atoms with Gasteiger partial charge in [0.25, 0.3) is 5.91 Å². The third-order valence-electron chi connectivity index (χ3n) is 4.11. The first kappa shape index (κ1) is 19.9. The molecule has 2 amide bonds. The van der Waals surface area contributed by atoms with Crippen molar-refractivity contribution >= 4 is 28.9 Å². The summed E-state index contributed by atoms with van der Waals surface area (Å²) in [5, 5.41) is 5.72. The van der Waals surface area contributed by atoms with E-state index >= 15 is 0 Å². The standard InChI is InChI=1S/C21H20N2O6/c1-27-20(25)16(23-21(26)28-13-14-7-3-2-4-8-14)12-22-19(24)18-11-15-9-5-6-10-17(15)29-18/h2-11,16H,12-13H2,1H3,(H,22,24)(H,23,26). The molecule has 1 aromatic heterocycles. The molecule has 8 heteroatoms. The summed E-state index contributed by atoms with van der Waals surface area (Å²) in [4.78, 5) is 36.3. The first-order valence-corrected chi connectivity index (χ1v) is 8.88. The number of hydrogen-bond donors (Lipinski definition) is 2. The Balaban J connectivity index is 1.56. The van der Waals surface area contributed by atoms with E-state index < -0.39 is 24.0 Å². The SMILES string of the molecule is COC(=O)C(CNC(=O)c1cc2ccccc2o1)NC(=O)OCc1ccccc1. The first-order chi connectivity index (χ1) is 14.1. The molecule has 0 aliphatic heterocycles. The molecule has 2 N–H and O–H groups in total. The molecule has 0 saturated carbocycles. The molecule has 0 aliphatic carbocycles. The van der Waals surface area contributed by atoms with Crippen molar-refractivity contribution in [2.45, 2.75) is 12.6 Å². The number of nitrogens with one attached hydrogen (secondary N) is 2. The van der Waals surface area contributed by atoms with Gasteiger partial charge in [0.1, 0.15) is 18.2 Å². The largest absolute Gasteiger partial charge is 0.467 e. The number of furan rings is 1. The predicted molar refractivity (Wildman–Crippen MR) is 104 cm³/mol. The number of para-hydroxylation sites is 1. The van der Waals surface area contributed by atoms with Gasteiger partial charge in [-0.3, -0.25) is 4.79 Å². The van der Waals surface area contributed by atoms with Crippen LogP contribution in [0.3, 0.4) is 0 Å². The molecule has 8 nitrogen and oxygen atoms in total. The van der Waals surface area contributed by atoms with E-state index in [2.05, 4.69) is 15.4 Å². The van der Waals surface area contributed by atoms with Gasteiger partial charge in [-0.2, -0.15) is 0 Å². The van der Waals surface area contributed by atoms with Gasteiger partial charge < -0.3 is 24.5 Å². The fraction of sp³-hybridized carbons (Fsp3) is 0.190. The number of fused-ring (bicyclic) bond motifs is 1. The van der Waals surface area contributed by atoms with Crippen molar-refractivity contribution < 1.29 is 28.3 Å². The van der Waals surface area contributed by atoms with E-state index in [0.717, 1.165) is 10.9 Å². The topological polar surface area (TPSA) is 107 Å². The Bertz CT molecular complexity index is 966. The van der Waals surface area contributed by atoms with Crippen LogP contribution in [0.1, 0.15) is 16.1 Å². The van der Waals surface area contributed by atoms with Crippen molar-refractivity contribution in [3.8, 4) is 0 Å². The molecule has 3 aromatic rings. The number of amides is 2. The average Bonchev–Trinajstić information content (AvgIpc) is 3.19. The molecule has 0 fully saturated rings. The minimum Gasteiger partial charge on any atom is -0.467 e. The summed E-state index contributed by atoms with van der Waals surface area (Å²) in [5.41, 5.74) is 1.38. The predicted octanol–water partition coefficient (Wildman–Crippen LogP) is 2.63. The Morgan fingerprint density at radius 3 is 2.48 bits per heavy atom. The van der Waals surface area contributed by atoms with Gasteiger partial charge in [0.15, 0.2) is 5.76 Å². The van der Waals surface area contributed by atoms with Crippen LogP contribution in [0.5, 0.6) is 0 Å². The van der Waals surface area contributed by atoms with E-state index in [1.165, 1.54) is 7.11 Å². The number of ether oxygens (including phenoxy) is 2. The molecule has 150 valence electrons. The third-order valence-corrected chi connectivity index (χ3v) is 4.11. The zero-order valence-corrected chi connectivity index (χ0v) is 15.7. The molecule has 0 bridgehead atoms. The fourth-order valence-electron chi connectivity index (χ4n) is 2.62. The van der Waals surface area contributed by atoms with E-state index in [9.17, 15) is 14.4 Å². The van der Waals surface area contributed by atoms with Crippen LogP contribution >= 0.6 is 0 Å². The molecule has 2 aromatic carbocycles. The Kier molecular flexibility index (Phi) is 6.47. The fourth-order valence-corrected chi connectivity index (χ4v) is 2.62. The van der Waals surface area contributed by atoms with Crippen LogP contribution in [-0.2, 0) is 20.9 Å². The summed E-state index contributed by atoms with van der Waals surface area (Å²) in [5.74, 6) is -1.14. The maximum absolute atomic E-state index is 12.3. The molecule has 1 atom stereocenters. The van der Waals surface area contributed by atoms with Gasteiger partial charge in [-0.1, -0.05) is 48.5 Å². The molecule has 29 heavy (non-hydrogen) atoms. The van der Waals surface area contributed by atoms with Crippen molar-refractivity contribution in [2.24, 2.45) is 0 Å². The highest BCUT2D eigenvalue weighted by Gasteiger charge is 2.24. The minimum absolute atomic E-state index is 0.0475. The van der Waals surface area contributed by atoms with Crippen LogP contribution in [-0.4, -0.2) is 37.7 Å². The summed E-state index contributed by atoms with van der Waals surface area (Å²) in [6.45, 7) is -0.144. The summed E-state index contributed by atoms with van der Waals surface area (Å²) in [6.07, 6.45) is -0.803. The summed E-state index contributed by atoms with van der Waals surface area (Å²) >= 11 is 0. The first-order valence-electron chi connectivity index (χ1n) is 8.88. The van der Waals surface area contributed by atoms with Gasteiger partial charge in [-0.25, -0.2) is 9.59 Å². The Morgan fingerprint density at radius 2 is 1.76 bits per heavy atom. The van der Waals surface area contributed by atoms with Crippen molar-refractivity contribution in [2.75, 3.05) is 13.7 Å². The van der Waals surface area contributed by atoms with Crippen molar-refractivity contribution in [3.63, 3.8) is 0 Å². The van der Waals surface area contributed by atoms with Crippen LogP contribution < -0.4 is 10.6 Å². The third kappa shape index (κ3) is 5.35. The lowest BCUT2D eigenvalue weighted by molar-refractivity contribution is -0.142. The molecule has 1 unspecified atom stereocenters. The van der Waals surface area contributed by atoms with Gasteiger partial charge in [-0.15, -0.1) is 0 Å². The molecule has 0 radical (unpaired) electrons. The molecular weight excluding hydrogens is 376 g/mol. The zero-order valence-electron chi connectivity index (χ0n) is 15.7. The quantitative estimate of drug-likeness (QED) is 0.595. The second-order valence-corrected chi connectivity index (χ2v) is 6.14. The molecule has 1 heterocycles. The number of alkyl carbamates (subject to hydrolysis) is 1. The maximum Gasteiger partial charge on any atom is 0.408 e. The van der Waals surface area contributed by atoms with Crippen LogP contribution in [0.25, 0.3) is 11.0 Å². The molecule has 0 saturated heterocycles. The monoisotopic (exact) mass is 396 g/mol. The summed E-state index contributed by atoms with van der Waals surface area (Å²) < 4.78 is 15.3. The van der Waals surface area contributed by atoms with E-state index in [-0.39, 0.29) is 18.9 Å². The van der Waals surface area contributed by atoms with Crippen LogP contribution in [0, 0.1) is 0 Å². The number of rotatable bonds is 7. The maximum atomic E-state index is 12.3. The minimum atomic E-state index is -1.11. The molecular formula is C21H20N2O6. The number of benzene rings is 2. The second kappa shape index (κ2) is 9.41. The number of esters is 1. The number of carbonyl (C=O) groups excluding carboxylic acids is 3. The summed E-state index contributed by atoms with van der Waals surface area (Å²) in [7, 11) is 1.19. The molecule has 3 rings (SSSR count). The lowest BCUT2D eigenvalue weighted by atomic mass is 10.2. The number of hydrogen-bond acceptors (Lipinski definition) is 6. The van der Waals surface area contributed by atoms with Crippen LogP contribution in [0.2, 0.25) is 0 Å². The Morgan fingerprint density at radius 1 is 1.03 bits per heavy atom. The normalized spacial score (nSPS) is 11.5. The van der Waals surface area contributed by atoms with Crippen molar-refractivity contribution in [1.29, 1.82) is 0 Å². The van der Waals surface area contributed by atoms with E-state index in [1.807, 2.05) is 30.3 Å². The Hall–Kier alpha value is -3.81. The summed E-state index contributed by atoms with van der Waals surface area (Å²) in [6, 6.07) is 16.8. The van der Waals surface area contributed by atoms with Gasteiger partial charge in [0, 0.05) is 11.9 Å². The van der Waals surface area contributed by atoms with E-state index in [0.29, 0.717) is 5.58 Å². The van der Waals surface area contributed by atoms with Crippen LogP contribution in [0.15, 0.2) is 65.1 Å². The highest BCUT2D eigenvalue weighted by Crippen LogP contribution is 2.18. The smallest absolute Gasteiger partial charge is 0.408 e. The van der Waals surface area contributed by atoms with Crippen LogP contribution in [0.4, 0.5) is 4.79 Å². The van der Waals surface area contributed by atoms with E-state index in [1.54, 1.807) is 30.3 Å². The van der Waals surface area contributed by atoms with Gasteiger partial charge in [0.2, 0.25) is 0 Å². The average molecular weight is 396 g/mol. The van der Waals surface area contributed by atoms with Gasteiger partial charge in [-0.05, 0) is 17.7 Å². The molecule has 0 spiro atoms. The van der Waals surface area contributed by atoms with Gasteiger partial charge >= 0.3 is 12.1 Å². The molecule has 0 aliphatic rings. The number of methoxy groups -OCH3 is 1. The van der Waals surface area contributed by atoms with Crippen molar-refractivity contribution in [3.05, 3.63) is 72.0 Å². The lowest BCUT2D eigenvalue weighted by Crippen LogP contribution is -2.49. The highest BCUT2D eigenvalue weighted by molar-refractivity contribution is 5.96. The Labute approximate surface area is 166 Å². The second-order valence-electron chi connectivity index (χ2n) is 6.14.